The standard InChI is InChI=1S/C38H51ClF3N5O11S.C11H10F3NO5/c1-9-21-19-37(21,32(50)46-59(52,53)58-36(7)13-14-36)45-30(48)25-17-22(56-26-18-27(55-16-15-54-8)43-28-23(26)11-10-12-24(28)39)20-47(25)31(49)29(34(2,3)4)44-33(51)57-35(5,6)38(40,41)42;1-10(2,11(12,13)14)20-9(16)19-8-5-3-7(4-6-8)15(17)18/h10-12,18,21-22,25,29H,9,13-17,19-20H2,1-8H3,(H,44,51)(H,45,48)(H,46,50);3-6H,1-2H3/t21-,22-,25+,29-,37-;/m1./s1. The number of nitrogens with one attached hydrogen (secondary N) is 3. The van der Waals surface area contributed by atoms with Gasteiger partial charge in [0.1, 0.15) is 41.8 Å². The Bertz CT molecular complexity index is 2890. The Balaban J connectivity index is 0.000000483. The fourth-order valence-corrected chi connectivity index (χ4v) is 9.11. The first-order valence-electron chi connectivity index (χ1n) is 24.3. The minimum atomic E-state index is -4.94. The van der Waals surface area contributed by atoms with E-state index in [-0.39, 0.29) is 60.7 Å². The minimum Gasteiger partial charge on any atom is -0.488 e. The second-order valence-electron chi connectivity index (χ2n) is 21.2. The zero-order chi connectivity index (χ0) is 59.5. The Morgan fingerprint density at radius 1 is 0.924 bits per heavy atom. The summed E-state index contributed by atoms with van der Waals surface area (Å²) in [4.78, 5) is 82.1. The topological polar surface area (TPSA) is 279 Å². The van der Waals surface area contributed by atoms with Crippen molar-refractivity contribution in [3.63, 3.8) is 0 Å². The highest BCUT2D eigenvalue weighted by atomic mass is 35.5. The van der Waals surface area contributed by atoms with Crippen LogP contribution < -0.4 is 29.6 Å². The molecule has 2 heterocycles. The quantitative estimate of drug-likeness (QED) is 0.0254. The highest BCUT2D eigenvalue weighted by molar-refractivity contribution is 7.85. The largest absolute Gasteiger partial charge is 0.514 e. The SMILES string of the molecule is CC(C)(OC(=O)Oc1ccc([N+](=O)[O-])cc1)C(F)(F)F.CC[C@@H]1C[C@]1(NC(=O)[C@@H]1C[C@@H](Oc2cc(OCCOC)nc3c(Cl)cccc23)CN1C(=O)[C@@H](NC(=O)OC(C)(C)C(F)(F)F)C(C)(C)C)C(=O)NS(=O)(=O)OC1(C)CC1. The number of carbonyl (C=O) groups is 5. The number of rotatable bonds is 19. The van der Waals surface area contributed by atoms with Gasteiger partial charge in [-0.3, -0.25) is 24.5 Å². The number of nitrogens with zero attached hydrogens (tertiary/aromatic N) is 3. The summed E-state index contributed by atoms with van der Waals surface area (Å²) in [5.74, 6) is -3.01. The fraction of sp³-hybridized carbons (Fsp3) is 0.592. The van der Waals surface area contributed by atoms with Gasteiger partial charge in [0.15, 0.2) is 0 Å². The number of fused-ring (bicyclic) bond motifs is 1. The Morgan fingerprint density at radius 2 is 1.53 bits per heavy atom. The molecule has 3 aromatic rings. The van der Waals surface area contributed by atoms with Gasteiger partial charge < -0.3 is 44.0 Å². The maximum atomic E-state index is 14.6. The number of amides is 4. The molecule has 1 saturated heterocycles. The molecule has 0 bridgehead atoms. The van der Waals surface area contributed by atoms with E-state index in [1.165, 1.54) is 13.2 Å². The van der Waals surface area contributed by atoms with Gasteiger partial charge in [-0.1, -0.05) is 51.8 Å². The summed E-state index contributed by atoms with van der Waals surface area (Å²) in [6.45, 7) is 10.8. The van der Waals surface area contributed by atoms with Crippen LogP contribution in [0.5, 0.6) is 17.4 Å². The third kappa shape index (κ3) is 16.1. The molecular formula is C49H61ClF6N6O16S. The lowest BCUT2D eigenvalue weighted by Gasteiger charge is -2.36. The van der Waals surface area contributed by atoms with E-state index in [0.29, 0.717) is 57.9 Å². The first-order valence-corrected chi connectivity index (χ1v) is 26.1. The van der Waals surface area contributed by atoms with Gasteiger partial charge in [-0.05, 0) is 89.5 Å². The van der Waals surface area contributed by atoms with E-state index in [2.05, 4.69) is 25.1 Å². The first kappa shape index (κ1) is 63.4. The minimum absolute atomic E-state index is 0.0804. The van der Waals surface area contributed by atoms with Gasteiger partial charge in [0.05, 0.1) is 34.2 Å². The molecule has 1 aromatic heterocycles. The predicted octanol–water partition coefficient (Wildman–Crippen LogP) is 8.41. The summed E-state index contributed by atoms with van der Waals surface area (Å²) in [7, 11) is -3.06. The van der Waals surface area contributed by atoms with Crippen molar-refractivity contribution in [3.8, 4) is 17.4 Å². The van der Waals surface area contributed by atoms with Crippen molar-refractivity contribution in [1.29, 1.82) is 0 Å². The van der Waals surface area contributed by atoms with Crippen LogP contribution in [0.4, 0.5) is 41.6 Å². The summed E-state index contributed by atoms with van der Waals surface area (Å²) in [6, 6.07) is 7.78. The van der Waals surface area contributed by atoms with Gasteiger partial charge in [-0.2, -0.15) is 34.8 Å². The maximum absolute atomic E-state index is 14.6. The lowest BCUT2D eigenvalue weighted by Crippen LogP contribution is -2.60. The summed E-state index contributed by atoms with van der Waals surface area (Å²) in [5.41, 5.74) is -9.30. The molecule has 22 nitrogen and oxygen atoms in total. The zero-order valence-corrected chi connectivity index (χ0v) is 46.1. The highest BCUT2D eigenvalue weighted by Gasteiger charge is 2.62. The Labute approximate surface area is 455 Å². The summed E-state index contributed by atoms with van der Waals surface area (Å²) >= 11 is 6.49. The molecule has 1 aliphatic heterocycles. The van der Waals surface area contributed by atoms with Crippen molar-refractivity contribution in [2.75, 3.05) is 26.9 Å². The molecule has 30 heteroatoms. The second-order valence-corrected chi connectivity index (χ2v) is 22.8. The summed E-state index contributed by atoms with van der Waals surface area (Å²) < 4.78 is 142. The second kappa shape index (κ2) is 23.7. The zero-order valence-electron chi connectivity index (χ0n) is 44.5. The number of aromatic nitrogens is 1. The van der Waals surface area contributed by atoms with Gasteiger partial charge >= 0.3 is 34.9 Å². The normalized spacial score (nSPS) is 20.4. The molecule has 3 N–H and O–H groups in total. The molecule has 2 aliphatic carbocycles. The number of likely N-dealkylation sites (tertiary alicyclic amines) is 1. The van der Waals surface area contributed by atoms with E-state index in [1.807, 2.05) is 4.72 Å². The average molecular weight is 1170 g/mol. The summed E-state index contributed by atoms with van der Waals surface area (Å²) in [6.07, 6.45) is -12.5. The molecule has 2 saturated carbocycles. The van der Waals surface area contributed by atoms with Crippen LogP contribution in [0.15, 0.2) is 48.5 Å². The molecule has 79 heavy (non-hydrogen) atoms. The number of alkyl carbamates (subject to hydrolysis) is 1. The Morgan fingerprint density at radius 3 is 2.06 bits per heavy atom. The van der Waals surface area contributed by atoms with Gasteiger partial charge in [0, 0.05) is 37.1 Å². The molecule has 0 radical (unpaired) electrons. The lowest BCUT2D eigenvalue weighted by atomic mass is 9.85. The van der Waals surface area contributed by atoms with E-state index in [9.17, 15) is 68.8 Å². The molecule has 5 atom stereocenters. The van der Waals surface area contributed by atoms with Crippen molar-refractivity contribution in [2.24, 2.45) is 11.3 Å². The van der Waals surface area contributed by atoms with Crippen molar-refractivity contribution in [1.82, 2.24) is 25.2 Å². The van der Waals surface area contributed by atoms with Gasteiger partial charge in [-0.15, -0.1) is 0 Å². The van der Waals surface area contributed by atoms with Crippen LogP contribution >= 0.6 is 11.6 Å². The van der Waals surface area contributed by atoms with Gasteiger partial charge in [-0.25, -0.2) is 23.5 Å². The van der Waals surface area contributed by atoms with Crippen LogP contribution in [0.25, 0.3) is 10.9 Å². The number of pyridine rings is 1. The van der Waals surface area contributed by atoms with Crippen LogP contribution in [-0.2, 0) is 43.1 Å². The van der Waals surface area contributed by atoms with Crippen LogP contribution in [-0.4, -0.2) is 133 Å². The van der Waals surface area contributed by atoms with Crippen LogP contribution in [0, 0.1) is 21.4 Å². The van der Waals surface area contributed by atoms with Crippen molar-refractivity contribution < 1.29 is 96.3 Å². The maximum Gasteiger partial charge on any atom is 0.514 e. The average Bonchev–Trinajstić information content (AvgIpc) is 4.19. The number of para-hydroxylation sites is 1. The number of non-ortho nitro benzene ring substituents is 1. The fourth-order valence-electron chi connectivity index (χ4n) is 7.75. The number of hydrogen-bond acceptors (Lipinski definition) is 17. The smallest absolute Gasteiger partial charge is 0.488 e. The number of benzene rings is 2. The van der Waals surface area contributed by atoms with Crippen LogP contribution in [0.3, 0.4) is 0 Å². The molecule has 3 fully saturated rings. The third-order valence-electron chi connectivity index (χ3n) is 12.9. The predicted molar refractivity (Wildman–Crippen MR) is 267 cm³/mol. The molecule has 3 aliphatic rings. The summed E-state index contributed by atoms with van der Waals surface area (Å²) in [5, 5.41) is 16.1. The number of ether oxygens (including phenoxy) is 6. The molecule has 0 spiro atoms. The molecule has 438 valence electrons. The van der Waals surface area contributed by atoms with E-state index < -0.39 is 109 Å². The number of alkyl halides is 6. The van der Waals surface area contributed by atoms with Gasteiger partial charge in [0.2, 0.25) is 28.9 Å². The molecular weight excluding hydrogens is 1110 g/mol. The number of carbonyl (C=O) groups excluding carboxylic acids is 5. The van der Waals surface area contributed by atoms with E-state index >= 15 is 0 Å². The van der Waals surface area contributed by atoms with E-state index in [4.69, 9.17) is 34.7 Å². The molecule has 6 rings (SSSR count). The van der Waals surface area contributed by atoms with Crippen LogP contribution in [0.2, 0.25) is 5.02 Å². The molecule has 4 amide bonds. The van der Waals surface area contributed by atoms with Gasteiger partial charge in [0.25, 0.3) is 11.6 Å². The number of halogens is 7. The lowest BCUT2D eigenvalue weighted by molar-refractivity contribution is -0.384. The van der Waals surface area contributed by atoms with Crippen molar-refractivity contribution in [2.45, 2.75) is 147 Å². The first-order chi connectivity index (χ1) is 36.3. The monoisotopic (exact) mass is 1170 g/mol. The molecule has 0 unspecified atom stereocenters. The third-order valence-corrected chi connectivity index (χ3v) is 14.3. The Kier molecular flexibility index (Phi) is 19.0. The van der Waals surface area contributed by atoms with E-state index in [0.717, 1.165) is 29.2 Å². The van der Waals surface area contributed by atoms with Crippen molar-refractivity contribution >= 4 is 68.5 Å². The number of methoxy groups -OCH3 is 1. The number of nitro benzene ring substituents is 1. The van der Waals surface area contributed by atoms with Crippen molar-refractivity contribution in [3.05, 3.63) is 63.7 Å². The Hall–Kier alpha value is -6.46. The highest BCUT2D eigenvalue weighted by Crippen LogP contribution is 2.47. The van der Waals surface area contributed by atoms with Crippen LogP contribution in [0.1, 0.15) is 94.4 Å². The van der Waals surface area contributed by atoms with E-state index in [1.54, 1.807) is 52.8 Å². The molecule has 2 aromatic carbocycles. The number of hydrogen-bond donors (Lipinski definition) is 3. The number of nitro groups is 1.